The fourth-order valence-corrected chi connectivity index (χ4v) is 1.45. The summed E-state index contributed by atoms with van der Waals surface area (Å²) in [6, 6.07) is 10.1. The number of ether oxygens (including phenoxy) is 2. The van der Waals surface area contributed by atoms with Crippen LogP contribution in [0.1, 0.15) is 25.3 Å². The average Bonchev–Trinajstić information content (AvgIpc) is 2.29. The van der Waals surface area contributed by atoms with E-state index in [2.05, 4.69) is 36.8 Å². The van der Waals surface area contributed by atoms with Gasteiger partial charge in [-0.05, 0) is 0 Å². The molecule has 0 aliphatic carbocycles. The third-order valence-corrected chi connectivity index (χ3v) is 2.35. The standard InChI is InChI=1S/C13H19O2.Li/c1-2-3-7-10-14-12-15-11-13-8-5-4-6-9-13;/h2,4-6,8-9H,3,7,10-12H2,1H3;. The first-order valence-electron chi connectivity index (χ1n) is 5.98. The first-order chi connectivity index (χ1) is 7.79. The van der Waals surface area contributed by atoms with E-state index in [-0.39, 0.29) is 0 Å². The normalized spacial score (nSPS) is 12.7. The molecule has 1 atom stereocenters. The molecule has 1 unspecified atom stereocenters. The second kappa shape index (κ2) is 8.84. The molecule has 16 heavy (non-hydrogen) atoms. The topological polar surface area (TPSA) is 18.5 Å². The van der Waals surface area contributed by atoms with Crippen LogP contribution < -0.4 is 0 Å². The van der Waals surface area contributed by atoms with E-state index in [0.717, 1.165) is 17.6 Å². The molecule has 0 saturated heterocycles. The van der Waals surface area contributed by atoms with Gasteiger partial charge in [-0.15, -0.1) is 0 Å². The maximum atomic E-state index is 5.40. The average molecular weight is 214 g/mol. The van der Waals surface area contributed by atoms with Gasteiger partial charge >= 0.3 is 107 Å². The minimum absolute atomic E-state index is 0.396. The second-order valence-electron chi connectivity index (χ2n) is 4.40. The van der Waals surface area contributed by atoms with Crippen LogP contribution in [0.2, 0.25) is 4.59 Å². The van der Waals surface area contributed by atoms with Crippen molar-refractivity contribution >= 4 is 17.7 Å². The van der Waals surface area contributed by atoms with Gasteiger partial charge in [0.15, 0.2) is 0 Å². The van der Waals surface area contributed by atoms with Gasteiger partial charge in [0.05, 0.1) is 0 Å². The molecule has 1 aromatic rings. The number of benzene rings is 1. The van der Waals surface area contributed by atoms with Gasteiger partial charge in [-0.1, -0.05) is 0 Å². The predicted molar refractivity (Wildman–Crippen MR) is 66.5 cm³/mol. The molecule has 0 aliphatic heterocycles. The van der Waals surface area contributed by atoms with Crippen molar-refractivity contribution in [2.75, 3.05) is 13.4 Å². The zero-order valence-electron chi connectivity index (χ0n) is 10.3. The van der Waals surface area contributed by atoms with Gasteiger partial charge in [0.1, 0.15) is 0 Å². The van der Waals surface area contributed by atoms with Gasteiger partial charge < -0.3 is 0 Å². The SMILES string of the molecule is [Li][CH](C)CCCOCOCc1ccccc1. The van der Waals surface area contributed by atoms with Gasteiger partial charge in [-0.2, -0.15) is 0 Å². The summed E-state index contributed by atoms with van der Waals surface area (Å²) < 4.78 is 11.5. The summed E-state index contributed by atoms with van der Waals surface area (Å²) in [6.07, 6.45) is 2.34. The van der Waals surface area contributed by atoms with E-state index in [0.29, 0.717) is 13.4 Å². The Bertz CT molecular complexity index is 262. The van der Waals surface area contributed by atoms with Crippen molar-refractivity contribution in [2.45, 2.75) is 31.0 Å². The number of hydrogen-bond acceptors (Lipinski definition) is 2. The second-order valence-corrected chi connectivity index (χ2v) is 4.40. The van der Waals surface area contributed by atoms with Crippen molar-refractivity contribution in [2.24, 2.45) is 0 Å². The molecule has 0 heterocycles. The molecular weight excluding hydrogens is 195 g/mol. The van der Waals surface area contributed by atoms with E-state index in [1.54, 1.807) is 0 Å². The van der Waals surface area contributed by atoms with Crippen LogP contribution in [-0.4, -0.2) is 31.1 Å². The Hall–Kier alpha value is -0.263. The van der Waals surface area contributed by atoms with Crippen LogP contribution in [0, 0.1) is 0 Å². The van der Waals surface area contributed by atoms with Gasteiger partial charge in [-0.25, -0.2) is 0 Å². The number of rotatable bonds is 8. The molecule has 0 amide bonds. The Balaban J connectivity index is 1.93. The number of hydrogen-bond donors (Lipinski definition) is 0. The first kappa shape index (κ1) is 13.8. The van der Waals surface area contributed by atoms with Crippen LogP contribution >= 0.6 is 0 Å². The molecule has 0 N–H and O–H groups in total. The molecule has 84 valence electrons. The minimum atomic E-state index is 0.396. The molecule has 0 fully saturated rings. The van der Waals surface area contributed by atoms with Crippen molar-refractivity contribution in [3.8, 4) is 0 Å². The molecule has 0 spiro atoms. The van der Waals surface area contributed by atoms with Crippen LogP contribution in [0.15, 0.2) is 30.3 Å². The summed E-state index contributed by atoms with van der Waals surface area (Å²) in [5.41, 5.74) is 1.19. The van der Waals surface area contributed by atoms with Gasteiger partial charge in [0.25, 0.3) is 0 Å². The summed E-state index contributed by atoms with van der Waals surface area (Å²) in [6.45, 7) is 4.05. The van der Waals surface area contributed by atoms with Crippen molar-refractivity contribution in [1.29, 1.82) is 0 Å². The van der Waals surface area contributed by atoms with Gasteiger partial charge in [-0.3, -0.25) is 0 Å². The van der Waals surface area contributed by atoms with Crippen LogP contribution in [0.4, 0.5) is 0 Å². The molecular formula is C13H19LiO2. The van der Waals surface area contributed by atoms with Crippen molar-refractivity contribution < 1.29 is 9.47 Å². The Morgan fingerprint density at radius 1 is 1.19 bits per heavy atom. The monoisotopic (exact) mass is 214 g/mol. The van der Waals surface area contributed by atoms with E-state index in [9.17, 15) is 0 Å². The molecule has 3 heteroatoms. The van der Waals surface area contributed by atoms with Crippen LogP contribution in [0.3, 0.4) is 0 Å². The van der Waals surface area contributed by atoms with Crippen LogP contribution in [0.5, 0.6) is 0 Å². The fraction of sp³-hybridized carbons (Fsp3) is 0.538. The first-order valence-corrected chi connectivity index (χ1v) is 5.98. The van der Waals surface area contributed by atoms with Gasteiger partial charge in [0, 0.05) is 0 Å². The summed E-state index contributed by atoms with van der Waals surface area (Å²) in [5, 5.41) is 0. The maximum absolute atomic E-state index is 5.40. The molecule has 0 aromatic heterocycles. The molecule has 2 nitrogen and oxygen atoms in total. The van der Waals surface area contributed by atoms with E-state index in [1.165, 1.54) is 12.0 Å². The zero-order valence-corrected chi connectivity index (χ0v) is 10.3. The van der Waals surface area contributed by atoms with Crippen molar-refractivity contribution in [3.05, 3.63) is 35.9 Å². The summed E-state index contributed by atoms with van der Waals surface area (Å²) in [7, 11) is 0. The molecule has 1 aromatic carbocycles. The summed E-state index contributed by atoms with van der Waals surface area (Å²) in [4.78, 5) is 0. The van der Waals surface area contributed by atoms with Crippen molar-refractivity contribution in [3.63, 3.8) is 0 Å². The van der Waals surface area contributed by atoms with E-state index < -0.39 is 0 Å². The van der Waals surface area contributed by atoms with Crippen LogP contribution in [0.25, 0.3) is 0 Å². The Labute approximate surface area is 108 Å². The summed E-state index contributed by atoms with van der Waals surface area (Å²) >= 11 is 2.23. The molecule has 1 rings (SSSR count). The van der Waals surface area contributed by atoms with E-state index >= 15 is 0 Å². The summed E-state index contributed by atoms with van der Waals surface area (Å²) in [5.74, 6) is 0. The third kappa shape index (κ3) is 7.08. The Morgan fingerprint density at radius 2 is 1.94 bits per heavy atom. The van der Waals surface area contributed by atoms with Crippen molar-refractivity contribution in [1.82, 2.24) is 0 Å². The third-order valence-electron chi connectivity index (χ3n) is 2.35. The quantitative estimate of drug-likeness (QED) is 0.376. The molecule has 0 radical (unpaired) electrons. The Kier molecular flexibility index (Phi) is 7.62. The molecule has 0 bridgehead atoms. The molecule has 0 aliphatic rings. The fourth-order valence-electron chi connectivity index (χ4n) is 1.45. The van der Waals surface area contributed by atoms with E-state index in [4.69, 9.17) is 9.47 Å². The van der Waals surface area contributed by atoms with Crippen LogP contribution in [-0.2, 0) is 16.1 Å². The Morgan fingerprint density at radius 3 is 2.62 bits per heavy atom. The van der Waals surface area contributed by atoms with Gasteiger partial charge in [0.2, 0.25) is 0 Å². The molecule has 0 saturated carbocycles. The van der Waals surface area contributed by atoms with E-state index in [1.807, 2.05) is 18.2 Å². The zero-order chi connectivity index (χ0) is 11.6. The predicted octanol–water partition coefficient (Wildman–Crippen LogP) is 2.93.